The number of aromatic nitrogens is 5. The number of hydrogen-bond acceptors (Lipinski definition) is 8. The molecule has 5 rings (SSSR count). The molecule has 0 aliphatic carbocycles. The first-order valence-electron chi connectivity index (χ1n) is 10.2. The van der Waals surface area contributed by atoms with Gasteiger partial charge in [-0.25, -0.2) is 14.6 Å². The molecular weight excluding hydrogens is 398 g/mol. The monoisotopic (exact) mass is 421 g/mol. The number of nitrogens with zero attached hydrogens (tertiary/aromatic N) is 7. The van der Waals surface area contributed by atoms with E-state index in [1.54, 1.807) is 35.2 Å². The maximum absolute atomic E-state index is 13.1. The minimum absolute atomic E-state index is 0.110. The van der Waals surface area contributed by atoms with Crippen molar-refractivity contribution in [3.8, 4) is 5.75 Å². The van der Waals surface area contributed by atoms with Gasteiger partial charge in [0.25, 0.3) is 5.91 Å². The minimum Gasteiger partial charge on any atom is -0.497 e. The Balaban J connectivity index is 1.25. The summed E-state index contributed by atoms with van der Waals surface area (Å²) in [7, 11) is 1.64. The summed E-state index contributed by atoms with van der Waals surface area (Å²) in [5, 5.41) is 8.42. The highest BCUT2D eigenvalue weighted by atomic mass is 16.5. The number of methoxy groups -OCH3 is 1. The zero-order valence-electron chi connectivity index (χ0n) is 17.2. The average Bonchev–Trinajstić information content (AvgIpc) is 3.27. The maximum Gasteiger partial charge on any atom is 0.276 e. The van der Waals surface area contributed by atoms with Gasteiger partial charge >= 0.3 is 0 Å². The third-order valence-electron chi connectivity index (χ3n) is 5.69. The van der Waals surface area contributed by atoms with Crippen molar-refractivity contribution in [1.29, 1.82) is 0 Å². The molecule has 1 fully saturated rings. The fourth-order valence-corrected chi connectivity index (χ4v) is 3.91. The second kappa shape index (κ2) is 8.31. The van der Waals surface area contributed by atoms with Crippen LogP contribution in [0.1, 0.15) is 27.8 Å². The van der Waals surface area contributed by atoms with Gasteiger partial charge in [0.2, 0.25) is 5.95 Å². The normalized spacial score (nSPS) is 18.5. The van der Waals surface area contributed by atoms with E-state index in [9.17, 15) is 4.79 Å². The second-order valence-corrected chi connectivity index (χ2v) is 7.47. The molecule has 1 atom stereocenters. The molecule has 1 amide bonds. The van der Waals surface area contributed by atoms with Crippen molar-refractivity contribution >= 4 is 11.9 Å². The van der Waals surface area contributed by atoms with Crippen LogP contribution in [0.3, 0.4) is 0 Å². The van der Waals surface area contributed by atoms with Crippen molar-refractivity contribution in [2.75, 3.05) is 38.2 Å². The van der Waals surface area contributed by atoms with Crippen LogP contribution in [-0.2, 0) is 17.9 Å². The molecule has 160 valence electrons. The first-order chi connectivity index (χ1) is 15.2. The number of anilines is 1. The molecule has 3 aromatic rings. The van der Waals surface area contributed by atoms with Crippen LogP contribution < -0.4 is 9.64 Å². The van der Waals surface area contributed by atoms with Crippen molar-refractivity contribution in [1.82, 2.24) is 29.9 Å². The van der Waals surface area contributed by atoms with Crippen molar-refractivity contribution < 1.29 is 14.3 Å². The van der Waals surface area contributed by atoms with E-state index >= 15 is 0 Å². The summed E-state index contributed by atoms with van der Waals surface area (Å²) in [4.78, 5) is 25.5. The average molecular weight is 421 g/mol. The first kappa shape index (κ1) is 19.4. The molecule has 2 aliphatic heterocycles. The molecule has 2 aliphatic rings. The largest absolute Gasteiger partial charge is 0.497 e. The Bertz CT molecular complexity index is 1050. The van der Waals surface area contributed by atoms with Crippen LogP contribution in [0.5, 0.6) is 5.75 Å². The number of ether oxygens (including phenoxy) is 2. The van der Waals surface area contributed by atoms with E-state index in [0.29, 0.717) is 51.0 Å². The Hall–Kier alpha value is -3.53. The van der Waals surface area contributed by atoms with Crippen LogP contribution in [0.15, 0.2) is 42.7 Å². The van der Waals surface area contributed by atoms with Crippen molar-refractivity contribution in [2.24, 2.45) is 0 Å². The minimum atomic E-state index is -0.141. The molecule has 0 spiro atoms. The van der Waals surface area contributed by atoms with E-state index in [1.165, 1.54) is 0 Å². The van der Waals surface area contributed by atoms with E-state index < -0.39 is 0 Å². The van der Waals surface area contributed by atoms with Gasteiger partial charge in [-0.2, -0.15) is 0 Å². The molecule has 0 unspecified atom stereocenters. The molecule has 1 aromatic carbocycles. The van der Waals surface area contributed by atoms with Crippen molar-refractivity contribution in [3.05, 3.63) is 59.7 Å². The lowest BCUT2D eigenvalue weighted by atomic mass is 10.1. The highest BCUT2D eigenvalue weighted by Crippen LogP contribution is 2.28. The van der Waals surface area contributed by atoms with Crippen LogP contribution in [0.2, 0.25) is 0 Å². The SMILES string of the molecule is COc1ccc([C@H]2Cn3nnc(C(=O)N4CCN(c5ncccn5)CC4)c3CO2)cc1. The fraction of sp³-hybridized carbons (Fsp3) is 0.381. The van der Waals surface area contributed by atoms with E-state index in [-0.39, 0.29) is 12.0 Å². The van der Waals surface area contributed by atoms with Gasteiger partial charge in [0, 0.05) is 38.6 Å². The number of hydrogen-bond donors (Lipinski definition) is 0. The summed E-state index contributed by atoms with van der Waals surface area (Å²) in [5.41, 5.74) is 2.13. The van der Waals surface area contributed by atoms with Crippen LogP contribution in [0.4, 0.5) is 5.95 Å². The summed E-state index contributed by atoms with van der Waals surface area (Å²) in [5.74, 6) is 1.38. The summed E-state index contributed by atoms with van der Waals surface area (Å²) in [6.45, 7) is 3.33. The Morgan fingerprint density at radius 2 is 1.84 bits per heavy atom. The molecule has 10 nitrogen and oxygen atoms in total. The van der Waals surface area contributed by atoms with Gasteiger partial charge in [-0.1, -0.05) is 17.3 Å². The maximum atomic E-state index is 13.1. The predicted molar refractivity (Wildman–Crippen MR) is 111 cm³/mol. The van der Waals surface area contributed by atoms with Gasteiger partial charge in [0.15, 0.2) is 5.69 Å². The molecule has 10 heteroatoms. The van der Waals surface area contributed by atoms with Gasteiger partial charge in [-0.3, -0.25) is 4.79 Å². The Kier molecular flexibility index (Phi) is 5.21. The lowest BCUT2D eigenvalue weighted by Gasteiger charge is -2.34. The Morgan fingerprint density at radius 1 is 1.10 bits per heavy atom. The molecule has 4 heterocycles. The Labute approximate surface area is 179 Å². The van der Waals surface area contributed by atoms with Crippen LogP contribution in [-0.4, -0.2) is 69.1 Å². The fourth-order valence-electron chi connectivity index (χ4n) is 3.91. The third kappa shape index (κ3) is 3.81. The van der Waals surface area contributed by atoms with Crippen LogP contribution in [0, 0.1) is 0 Å². The standard InChI is InChI=1S/C21H23N7O3/c1-30-16-5-3-15(4-6-16)18-13-28-17(14-31-18)19(24-25-28)20(29)26-9-11-27(12-10-26)21-22-7-2-8-23-21/h2-8,18H,9-14H2,1H3/t18-/m1/s1. The molecule has 1 saturated heterocycles. The summed E-state index contributed by atoms with van der Waals surface area (Å²) >= 11 is 0. The third-order valence-corrected chi connectivity index (χ3v) is 5.69. The number of carbonyl (C=O) groups is 1. The summed E-state index contributed by atoms with van der Waals surface area (Å²) < 4.78 is 13.0. The number of benzene rings is 1. The number of rotatable bonds is 4. The first-order valence-corrected chi connectivity index (χ1v) is 10.2. The van der Waals surface area contributed by atoms with E-state index in [0.717, 1.165) is 17.0 Å². The number of fused-ring (bicyclic) bond motifs is 1. The smallest absolute Gasteiger partial charge is 0.276 e. The van der Waals surface area contributed by atoms with Gasteiger partial charge in [0.05, 0.1) is 26.0 Å². The van der Waals surface area contributed by atoms with Gasteiger partial charge in [-0.05, 0) is 23.8 Å². The van der Waals surface area contributed by atoms with Crippen molar-refractivity contribution in [2.45, 2.75) is 19.3 Å². The number of piperazine rings is 1. The van der Waals surface area contributed by atoms with E-state index in [4.69, 9.17) is 9.47 Å². The predicted octanol–water partition coefficient (Wildman–Crippen LogP) is 1.31. The number of carbonyl (C=O) groups excluding carboxylic acids is 1. The topological polar surface area (TPSA) is 98.5 Å². The van der Waals surface area contributed by atoms with E-state index in [1.807, 2.05) is 24.3 Å². The lowest BCUT2D eigenvalue weighted by Crippen LogP contribution is -2.49. The quantitative estimate of drug-likeness (QED) is 0.622. The Morgan fingerprint density at radius 3 is 2.55 bits per heavy atom. The molecule has 31 heavy (non-hydrogen) atoms. The summed E-state index contributed by atoms with van der Waals surface area (Å²) in [6.07, 6.45) is 3.31. The molecule has 0 saturated carbocycles. The van der Waals surface area contributed by atoms with Gasteiger partial charge in [0.1, 0.15) is 11.9 Å². The zero-order valence-corrected chi connectivity index (χ0v) is 17.2. The van der Waals surface area contributed by atoms with Crippen LogP contribution in [0.25, 0.3) is 0 Å². The molecule has 2 aromatic heterocycles. The molecule has 0 N–H and O–H groups in total. The molecule has 0 radical (unpaired) electrons. The lowest BCUT2D eigenvalue weighted by molar-refractivity contribution is -0.00198. The molecule has 0 bridgehead atoms. The van der Waals surface area contributed by atoms with Crippen molar-refractivity contribution in [3.63, 3.8) is 0 Å². The second-order valence-electron chi connectivity index (χ2n) is 7.47. The highest BCUT2D eigenvalue weighted by molar-refractivity contribution is 5.93. The van der Waals surface area contributed by atoms with E-state index in [2.05, 4.69) is 25.2 Å². The zero-order chi connectivity index (χ0) is 21.2. The summed E-state index contributed by atoms with van der Waals surface area (Å²) in [6, 6.07) is 9.57. The number of amides is 1. The van der Waals surface area contributed by atoms with Gasteiger partial charge in [-0.15, -0.1) is 5.10 Å². The highest BCUT2D eigenvalue weighted by Gasteiger charge is 2.31. The molecular formula is C21H23N7O3. The van der Waals surface area contributed by atoms with Crippen LogP contribution >= 0.6 is 0 Å². The van der Waals surface area contributed by atoms with Gasteiger partial charge < -0.3 is 19.3 Å².